The second kappa shape index (κ2) is 8.98. The maximum atomic E-state index is 12.5. The number of ether oxygens (including phenoxy) is 1. The minimum atomic E-state index is -0.790. The fourth-order valence-corrected chi connectivity index (χ4v) is 2.67. The number of rotatable bonds is 7. The Morgan fingerprint density at radius 1 is 1.11 bits per heavy atom. The number of nitrogens with zero attached hydrogens (tertiary/aromatic N) is 3. The van der Waals surface area contributed by atoms with Gasteiger partial charge in [0.05, 0.1) is 22.2 Å². The number of amides is 1. The molecule has 0 aliphatic carbocycles. The van der Waals surface area contributed by atoms with Crippen molar-refractivity contribution in [1.82, 2.24) is 4.90 Å². The lowest BCUT2D eigenvalue weighted by molar-refractivity contribution is -0.384. The number of anilines is 1. The summed E-state index contributed by atoms with van der Waals surface area (Å²) in [6.45, 7) is 1.42. The molecule has 0 aromatic heterocycles. The monoisotopic (exact) mass is 385 g/mol. The Morgan fingerprint density at radius 3 is 2.32 bits per heavy atom. The largest absolute Gasteiger partial charge is 0.452 e. The van der Waals surface area contributed by atoms with Crippen molar-refractivity contribution in [2.24, 2.45) is 0 Å². The van der Waals surface area contributed by atoms with Gasteiger partial charge in [0.1, 0.15) is 0 Å². The summed E-state index contributed by atoms with van der Waals surface area (Å²) in [5, 5.41) is 11.0. The number of hydrogen-bond donors (Lipinski definition) is 0. The van der Waals surface area contributed by atoms with Crippen LogP contribution >= 0.6 is 0 Å². The van der Waals surface area contributed by atoms with Crippen molar-refractivity contribution in [3.8, 4) is 0 Å². The Morgan fingerprint density at radius 2 is 1.75 bits per heavy atom. The van der Waals surface area contributed by atoms with Gasteiger partial charge in [0.15, 0.2) is 6.61 Å². The van der Waals surface area contributed by atoms with Crippen LogP contribution in [0.15, 0.2) is 48.5 Å². The Hall–Kier alpha value is -3.42. The van der Waals surface area contributed by atoms with Crippen molar-refractivity contribution in [2.75, 3.05) is 32.6 Å². The van der Waals surface area contributed by atoms with E-state index in [0.717, 1.165) is 11.6 Å². The number of carbonyl (C=O) groups excluding carboxylic acids is 2. The number of carbonyl (C=O) groups is 2. The van der Waals surface area contributed by atoms with Crippen LogP contribution in [0.5, 0.6) is 0 Å². The second-order valence-electron chi connectivity index (χ2n) is 6.52. The van der Waals surface area contributed by atoms with Crippen molar-refractivity contribution in [3.63, 3.8) is 0 Å². The zero-order valence-electron chi connectivity index (χ0n) is 16.3. The fraction of sp³-hybridized carbons (Fsp3) is 0.300. The number of benzene rings is 2. The maximum absolute atomic E-state index is 12.5. The van der Waals surface area contributed by atoms with E-state index in [1.165, 1.54) is 17.0 Å². The van der Waals surface area contributed by atoms with Gasteiger partial charge in [0.25, 0.3) is 11.6 Å². The van der Waals surface area contributed by atoms with Crippen LogP contribution in [0.3, 0.4) is 0 Å². The molecule has 0 unspecified atom stereocenters. The Labute approximate surface area is 163 Å². The molecule has 0 spiro atoms. The Bertz CT molecular complexity index is 867. The highest BCUT2D eigenvalue weighted by Crippen LogP contribution is 2.25. The first-order valence-corrected chi connectivity index (χ1v) is 8.66. The average Bonchev–Trinajstić information content (AvgIpc) is 2.70. The topological polar surface area (TPSA) is 93.0 Å². The number of esters is 1. The summed E-state index contributed by atoms with van der Waals surface area (Å²) in [4.78, 5) is 38.4. The summed E-state index contributed by atoms with van der Waals surface area (Å²) in [5.41, 5.74) is 1.23. The summed E-state index contributed by atoms with van der Waals surface area (Å²) in [7, 11) is 5.04. The third-order valence-corrected chi connectivity index (χ3v) is 4.48. The highest BCUT2D eigenvalue weighted by molar-refractivity contribution is 5.97. The molecule has 0 bridgehead atoms. The van der Waals surface area contributed by atoms with Crippen molar-refractivity contribution >= 4 is 23.3 Å². The van der Waals surface area contributed by atoms with Crippen LogP contribution in [-0.2, 0) is 9.53 Å². The molecular weight excluding hydrogens is 362 g/mol. The summed E-state index contributed by atoms with van der Waals surface area (Å²) >= 11 is 0. The molecule has 8 heteroatoms. The van der Waals surface area contributed by atoms with Crippen LogP contribution < -0.4 is 4.90 Å². The first-order chi connectivity index (χ1) is 13.2. The van der Waals surface area contributed by atoms with Crippen LogP contribution in [0, 0.1) is 10.1 Å². The number of nitro benzene ring substituents is 1. The minimum Gasteiger partial charge on any atom is -0.452 e. The standard InChI is InChI=1S/C20H23N3O5/c1-14(15-8-6-5-7-9-15)22(4)19(24)13-28-20(25)17-12-16(23(26)27)10-11-18(17)21(2)3/h5-12,14H,13H2,1-4H3/t14-/m0/s1. The van der Waals surface area contributed by atoms with E-state index in [4.69, 9.17) is 4.74 Å². The number of hydrogen-bond acceptors (Lipinski definition) is 6. The predicted octanol–water partition coefficient (Wildman–Crippen LogP) is 3.04. The summed E-state index contributed by atoms with van der Waals surface area (Å²) in [6, 6.07) is 13.2. The lowest BCUT2D eigenvalue weighted by atomic mass is 10.1. The van der Waals surface area contributed by atoms with E-state index in [2.05, 4.69) is 0 Å². The molecule has 1 amide bonds. The van der Waals surface area contributed by atoms with E-state index in [1.54, 1.807) is 26.0 Å². The zero-order chi connectivity index (χ0) is 20.8. The summed E-state index contributed by atoms with van der Waals surface area (Å²) in [6.07, 6.45) is 0. The van der Waals surface area contributed by atoms with Gasteiger partial charge in [-0.05, 0) is 18.6 Å². The summed E-state index contributed by atoms with van der Waals surface area (Å²) < 4.78 is 5.14. The average molecular weight is 385 g/mol. The van der Waals surface area contributed by atoms with Gasteiger partial charge in [0.2, 0.25) is 0 Å². The molecule has 0 fully saturated rings. The second-order valence-corrected chi connectivity index (χ2v) is 6.52. The lowest BCUT2D eigenvalue weighted by Gasteiger charge is -2.25. The van der Waals surface area contributed by atoms with E-state index in [1.807, 2.05) is 37.3 Å². The fourth-order valence-electron chi connectivity index (χ4n) is 2.67. The highest BCUT2D eigenvalue weighted by Gasteiger charge is 2.22. The van der Waals surface area contributed by atoms with Gasteiger partial charge in [-0.2, -0.15) is 0 Å². The first kappa shape index (κ1) is 20.9. The van der Waals surface area contributed by atoms with Gasteiger partial charge in [-0.3, -0.25) is 14.9 Å². The number of non-ortho nitro benzene ring substituents is 1. The van der Waals surface area contributed by atoms with E-state index >= 15 is 0 Å². The Kier molecular flexibility index (Phi) is 6.70. The zero-order valence-corrected chi connectivity index (χ0v) is 16.3. The maximum Gasteiger partial charge on any atom is 0.341 e. The van der Waals surface area contributed by atoms with Crippen LogP contribution in [-0.4, -0.2) is 49.4 Å². The molecule has 0 saturated carbocycles. The predicted molar refractivity (Wildman–Crippen MR) is 105 cm³/mol. The lowest BCUT2D eigenvalue weighted by Crippen LogP contribution is -2.33. The normalized spacial score (nSPS) is 11.4. The SMILES string of the molecule is C[C@@H](c1ccccc1)N(C)C(=O)COC(=O)c1cc([N+](=O)[O-])ccc1N(C)C. The van der Waals surface area contributed by atoms with Gasteiger partial charge >= 0.3 is 5.97 Å². The molecular formula is C20H23N3O5. The van der Waals surface area contributed by atoms with Crippen molar-refractivity contribution in [1.29, 1.82) is 0 Å². The van der Waals surface area contributed by atoms with E-state index in [-0.39, 0.29) is 23.2 Å². The third kappa shape index (κ3) is 4.85. The third-order valence-electron chi connectivity index (χ3n) is 4.48. The molecule has 0 N–H and O–H groups in total. The van der Waals surface area contributed by atoms with Gasteiger partial charge in [-0.1, -0.05) is 30.3 Å². The summed E-state index contributed by atoms with van der Waals surface area (Å²) in [5.74, 6) is -1.16. The van der Waals surface area contributed by atoms with Crippen LogP contribution in [0.1, 0.15) is 28.9 Å². The molecule has 28 heavy (non-hydrogen) atoms. The van der Waals surface area contributed by atoms with Crippen molar-refractivity contribution < 1.29 is 19.2 Å². The van der Waals surface area contributed by atoms with Crippen molar-refractivity contribution in [2.45, 2.75) is 13.0 Å². The highest BCUT2D eigenvalue weighted by atomic mass is 16.6. The molecule has 0 aliphatic heterocycles. The molecule has 0 radical (unpaired) electrons. The van der Waals surface area contributed by atoms with Crippen LogP contribution in [0.4, 0.5) is 11.4 Å². The molecule has 2 aromatic rings. The van der Waals surface area contributed by atoms with E-state index in [9.17, 15) is 19.7 Å². The molecule has 148 valence electrons. The van der Waals surface area contributed by atoms with Gasteiger partial charge in [0, 0.05) is 33.3 Å². The molecule has 0 aliphatic rings. The van der Waals surface area contributed by atoms with Crippen LogP contribution in [0.2, 0.25) is 0 Å². The number of likely N-dealkylation sites (N-methyl/N-ethyl adjacent to an activating group) is 1. The quantitative estimate of drug-likeness (QED) is 0.413. The van der Waals surface area contributed by atoms with Crippen LogP contribution in [0.25, 0.3) is 0 Å². The first-order valence-electron chi connectivity index (χ1n) is 8.66. The Balaban J connectivity index is 2.10. The number of nitro groups is 1. The molecule has 1 atom stereocenters. The molecule has 0 heterocycles. The minimum absolute atomic E-state index is 0.0331. The van der Waals surface area contributed by atoms with Gasteiger partial charge in [-0.25, -0.2) is 4.79 Å². The molecule has 2 aromatic carbocycles. The van der Waals surface area contributed by atoms with Gasteiger partial charge in [-0.15, -0.1) is 0 Å². The van der Waals surface area contributed by atoms with E-state index in [0.29, 0.717) is 5.69 Å². The van der Waals surface area contributed by atoms with E-state index < -0.39 is 17.5 Å². The van der Waals surface area contributed by atoms with Crippen molar-refractivity contribution in [3.05, 3.63) is 69.8 Å². The molecule has 2 rings (SSSR count). The molecule has 8 nitrogen and oxygen atoms in total. The molecule has 0 saturated heterocycles. The smallest absolute Gasteiger partial charge is 0.341 e. The van der Waals surface area contributed by atoms with Gasteiger partial charge < -0.3 is 14.5 Å².